The van der Waals surface area contributed by atoms with Crippen LogP contribution >= 0.6 is 11.6 Å². The van der Waals surface area contributed by atoms with Gasteiger partial charge in [0.1, 0.15) is 0 Å². The molecule has 0 heterocycles. The second-order valence-electron chi connectivity index (χ2n) is 4.95. The molecule has 0 aliphatic carbocycles. The minimum absolute atomic E-state index is 0.0451. The fourth-order valence-electron chi connectivity index (χ4n) is 1.80. The van der Waals surface area contributed by atoms with Crippen LogP contribution in [0.1, 0.15) is 36.2 Å². The standard InChI is InChI=1S/C14H20ClNO2/c1-9(2)6-12(8-17)16-14(18)11-4-5-13(15)10(3)7-11/h4-5,7,9,12,17H,6,8H2,1-3H3,(H,16,18). The topological polar surface area (TPSA) is 49.3 Å². The van der Waals surface area contributed by atoms with Crippen molar-refractivity contribution in [2.75, 3.05) is 6.61 Å². The predicted octanol–water partition coefficient (Wildman–Crippen LogP) is 2.79. The summed E-state index contributed by atoms with van der Waals surface area (Å²) in [6.45, 7) is 5.93. The zero-order chi connectivity index (χ0) is 13.7. The highest BCUT2D eigenvalue weighted by atomic mass is 35.5. The SMILES string of the molecule is Cc1cc(C(=O)NC(CO)CC(C)C)ccc1Cl. The zero-order valence-electron chi connectivity index (χ0n) is 11.0. The number of aryl methyl sites for hydroxylation is 1. The number of nitrogens with one attached hydrogen (secondary N) is 1. The highest BCUT2D eigenvalue weighted by Crippen LogP contribution is 2.16. The zero-order valence-corrected chi connectivity index (χ0v) is 11.8. The first-order valence-corrected chi connectivity index (χ1v) is 6.49. The highest BCUT2D eigenvalue weighted by molar-refractivity contribution is 6.31. The number of aliphatic hydroxyl groups is 1. The number of rotatable bonds is 5. The molecule has 1 amide bonds. The maximum absolute atomic E-state index is 12.0. The van der Waals surface area contributed by atoms with Gasteiger partial charge in [-0.2, -0.15) is 0 Å². The second-order valence-corrected chi connectivity index (χ2v) is 5.35. The maximum Gasteiger partial charge on any atom is 0.251 e. The van der Waals surface area contributed by atoms with E-state index in [0.29, 0.717) is 16.5 Å². The van der Waals surface area contributed by atoms with E-state index in [1.54, 1.807) is 18.2 Å². The van der Waals surface area contributed by atoms with E-state index in [1.165, 1.54) is 0 Å². The maximum atomic E-state index is 12.0. The predicted molar refractivity (Wildman–Crippen MR) is 74.0 cm³/mol. The second kappa shape index (κ2) is 6.76. The Morgan fingerprint density at radius 3 is 2.61 bits per heavy atom. The van der Waals surface area contributed by atoms with Gasteiger partial charge in [0.15, 0.2) is 0 Å². The quantitative estimate of drug-likeness (QED) is 0.864. The van der Waals surface area contributed by atoms with Crippen LogP contribution in [-0.4, -0.2) is 23.7 Å². The lowest BCUT2D eigenvalue weighted by atomic mass is 10.0. The molecule has 0 saturated carbocycles. The van der Waals surface area contributed by atoms with E-state index in [9.17, 15) is 9.90 Å². The summed E-state index contributed by atoms with van der Waals surface area (Å²) in [5.74, 6) is 0.254. The number of carbonyl (C=O) groups excluding carboxylic acids is 1. The van der Waals surface area contributed by atoms with Crippen LogP contribution in [-0.2, 0) is 0 Å². The van der Waals surface area contributed by atoms with Gasteiger partial charge >= 0.3 is 0 Å². The highest BCUT2D eigenvalue weighted by Gasteiger charge is 2.14. The molecule has 0 saturated heterocycles. The van der Waals surface area contributed by atoms with Crippen LogP contribution in [0.25, 0.3) is 0 Å². The molecule has 2 N–H and O–H groups in total. The first kappa shape index (κ1) is 15.0. The van der Waals surface area contributed by atoms with Gasteiger partial charge in [-0.25, -0.2) is 0 Å². The molecule has 0 fully saturated rings. The van der Waals surface area contributed by atoms with Crippen LogP contribution < -0.4 is 5.32 Å². The van der Waals surface area contributed by atoms with E-state index in [0.717, 1.165) is 12.0 Å². The summed E-state index contributed by atoms with van der Waals surface area (Å²) in [5.41, 5.74) is 1.44. The third-order valence-corrected chi connectivity index (χ3v) is 3.16. The molecule has 18 heavy (non-hydrogen) atoms. The first-order valence-electron chi connectivity index (χ1n) is 6.12. The van der Waals surface area contributed by atoms with E-state index in [4.69, 9.17) is 11.6 Å². The van der Waals surface area contributed by atoms with Crippen LogP contribution in [0.4, 0.5) is 0 Å². The van der Waals surface area contributed by atoms with Crippen molar-refractivity contribution in [3.8, 4) is 0 Å². The molecule has 0 bridgehead atoms. The number of amides is 1. The largest absolute Gasteiger partial charge is 0.394 e. The van der Waals surface area contributed by atoms with E-state index in [2.05, 4.69) is 19.2 Å². The van der Waals surface area contributed by atoms with Crippen LogP contribution in [0, 0.1) is 12.8 Å². The molecule has 0 aliphatic heterocycles. The smallest absolute Gasteiger partial charge is 0.251 e. The Kier molecular flexibility index (Phi) is 5.63. The minimum Gasteiger partial charge on any atom is -0.394 e. The Morgan fingerprint density at radius 2 is 2.11 bits per heavy atom. The van der Waals surface area contributed by atoms with Gasteiger partial charge in [-0.15, -0.1) is 0 Å². The monoisotopic (exact) mass is 269 g/mol. The van der Waals surface area contributed by atoms with Crippen molar-refractivity contribution < 1.29 is 9.90 Å². The van der Waals surface area contributed by atoms with Crippen molar-refractivity contribution in [2.45, 2.75) is 33.2 Å². The van der Waals surface area contributed by atoms with Gasteiger partial charge < -0.3 is 10.4 Å². The molecule has 0 aromatic heterocycles. The molecule has 1 aromatic carbocycles. The van der Waals surface area contributed by atoms with Gasteiger partial charge in [-0.3, -0.25) is 4.79 Å². The van der Waals surface area contributed by atoms with E-state index in [1.807, 2.05) is 6.92 Å². The molecule has 1 rings (SSSR count). The average molecular weight is 270 g/mol. The van der Waals surface area contributed by atoms with Gasteiger partial charge in [0.2, 0.25) is 0 Å². The molecule has 0 aliphatic rings. The fraction of sp³-hybridized carbons (Fsp3) is 0.500. The molecular weight excluding hydrogens is 250 g/mol. The molecule has 4 heteroatoms. The molecule has 1 atom stereocenters. The van der Waals surface area contributed by atoms with Crippen LogP contribution in [0.5, 0.6) is 0 Å². The first-order chi connectivity index (χ1) is 8.43. The summed E-state index contributed by atoms with van der Waals surface area (Å²) < 4.78 is 0. The molecule has 100 valence electrons. The van der Waals surface area contributed by atoms with Gasteiger partial charge in [-0.05, 0) is 43.0 Å². The molecule has 1 aromatic rings. The number of carbonyl (C=O) groups is 1. The molecule has 3 nitrogen and oxygen atoms in total. The summed E-state index contributed by atoms with van der Waals surface area (Å²) in [6, 6.07) is 4.95. The van der Waals surface area contributed by atoms with Crippen molar-refractivity contribution in [2.24, 2.45) is 5.92 Å². The summed E-state index contributed by atoms with van der Waals surface area (Å²) in [7, 11) is 0. The van der Waals surface area contributed by atoms with Crippen molar-refractivity contribution in [3.05, 3.63) is 34.3 Å². The summed E-state index contributed by atoms with van der Waals surface area (Å²) in [6.07, 6.45) is 0.759. The average Bonchev–Trinajstić information content (AvgIpc) is 2.31. The lowest BCUT2D eigenvalue weighted by Crippen LogP contribution is -2.38. The van der Waals surface area contributed by atoms with Crippen molar-refractivity contribution in [1.29, 1.82) is 0 Å². The Labute approximate surface area is 113 Å². The molecule has 1 unspecified atom stereocenters. The number of hydrogen-bond donors (Lipinski definition) is 2. The molecule has 0 radical (unpaired) electrons. The third-order valence-electron chi connectivity index (χ3n) is 2.73. The van der Waals surface area contributed by atoms with E-state index in [-0.39, 0.29) is 18.6 Å². The summed E-state index contributed by atoms with van der Waals surface area (Å²) in [5, 5.41) is 12.7. The Balaban J connectivity index is 2.71. The summed E-state index contributed by atoms with van der Waals surface area (Å²) >= 11 is 5.92. The molecule has 0 spiro atoms. The molecular formula is C14H20ClNO2. The van der Waals surface area contributed by atoms with Gasteiger partial charge in [0.05, 0.1) is 12.6 Å². The van der Waals surface area contributed by atoms with Crippen molar-refractivity contribution in [1.82, 2.24) is 5.32 Å². The number of benzene rings is 1. The Hall–Kier alpha value is -1.06. The lowest BCUT2D eigenvalue weighted by Gasteiger charge is -2.18. The van der Waals surface area contributed by atoms with Crippen molar-refractivity contribution in [3.63, 3.8) is 0 Å². The number of halogens is 1. The normalized spacial score (nSPS) is 12.6. The van der Waals surface area contributed by atoms with Crippen molar-refractivity contribution >= 4 is 17.5 Å². The van der Waals surface area contributed by atoms with E-state index < -0.39 is 0 Å². The van der Waals surface area contributed by atoms with Crippen LogP contribution in [0.15, 0.2) is 18.2 Å². The number of hydrogen-bond acceptors (Lipinski definition) is 2. The minimum atomic E-state index is -0.200. The van der Waals surface area contributed by atoms with Gasteiger partial charge in [-0.1, -0.05) is 25.4 Å². The van der Waals surface area contributed by atoms with Gasteiger partial charge in [0, 0.05) is 10.6 Å². The Morgan fingerprint density at radius 1 is 1.44 bits per heavy atom. The van der Waals surface area contributed by atoms with E-state index >= 15 is 0 Å². The van der Waals surface area contributed by atoms with Crippen LogP contribution in [0.2, 0.25) is 5.02 Å². The number of aliphatic hydroxyl groups excluding tert-OH is 1. The van der Waals surface area contributed by atoms with Crippen LogP contribution in [0.3, 0.4) is 0 Å². The summed E-state index contributed by atoms with van der Waals surface area (Å²) in [4.78, 5) is 12.0. The Bertz CT molecular complexity index is 418. The lowest BCUT2D eigenvalue weighted by molar-refractivity contribution is 0.0908. The third kappa shape index (κ3) is 4.31. The fourth-order valence-corrected chi connectivity index (χ4v) is 1.92. The van der Waals surface area contributed by atoms with Gasteiger partial charge in [0.25, 0.3) is 5.91 Å².